The van der Waals surface area contributed by atoms with E-state index in [4.69, 9.17) is 16.0 Å². The molecule has 3 aromatic rings. The summed E-state index contributed by atoms with van der Waals surface area (Å²) in [6.07, 6.45) is 1.47. The van der Waals surface area contributed by atoms with Crippen molar-refractivity contribution in [2.75, 3.05) is 0 Å². The third-order valence-corrected chi connectivity index (χ3v) is 5.89. The lowest BCUT2D eigenvalue weighted by Crippen LogP contribution is -2.27. The van der Waals surface area contributed by atoms with Crippen LogP contribution in [-0.4, -0.2) is 14.3 Å². The fourth-order valence-electron chi connectivity index (χ4n) is 2.65. The number of halogens is 1. The van der Waals surface area contributed by atoms with Crippen molar-refractivity contribution >= 4 is 27.5 Å². The Kier molecular flexibility index (Phi) is 6.18. The number of sulfonamides is 1. The van der Waals surface area contributed by atoms with Crippen molar-refractivity contribution in [3.05, 3.63) is 88.8 Å². The van der Waals surface area contributed by atoms with Crippen LogP contribution in [0.4, 0.5) is 0 Å². The maximum absolute atomic E-state index is 12.6. The number of hydrogen-bond donors (Lipinski definition) is 2. The van der Waals surface area contributed by atoms with Gasteiger partial charge in [0, 0.05) is 10.6 Å². The largest absolute Gasteiger partial charge is 0.468 e. The Morgan fingerprint density at radius 2 is 1.89 bits per heavy atom. The Morgan fingerprint density at radius 3 is 2.61 bits per heavy atom. The van der Waals surface area contributed by atoms with Crippen LogP contribution in [0, 0.1) is 0 Å². The smallest absolute Gasteiger partial charge is 0.251 e. The monoisotopic (exact) mass is 418 g/mol. The Morgan fingerprint density at radius 1 is 1.11 bits per heavy atom. The first kappa shape index (κ1) is 20.1. The first-order valence-electron chi connectivity index (χ1n) is 8.54. The topological polar surface area (TPSA) is 88.4 Å². The zero-order chi connectivity index (χ0) is 20.1. The molecule has 3 rings (SSSR count). The number of carbonyl (C=O) groups excluding carboxylic acids is 1. The van der Waals surface area contributed by atoms with E-state index in [1.807, 2.05) is 25.1 Å². The van der Waals surface area contributed by atoms with Gasteiger partial charge in [0.2, 0.25) is 10.0 Å². The van der Waals surface area contributed by atoms with Crippen molar-refractivity contribution in [1.82, 2.24) is 10.0 Å². The molecule has 0 spiro atoms. The zero-order valence-electron chi connectivity index (χ0n) is 15.1. The fourth-order valence-corrected chi connectivity index (χ4v) is 3.99. The van der Waals surface area contributed by atoms with Gasteiger partial charge in [-0.15, -0.1) is 0 Å². The molecule has 28 heavy (non-hydrogen) atoms. The van der Waals surface area contributed by atoms with Crippen LogP contribution < -0.4 is 10.0 Å². The molecule has 2 aromatic carbocycles. The maximum Gasteiger partial charge on any atom is 0.251 e. The van der Waals surface area contributed by atoms with E-state index in [0.717, 1.165) is 5.56 Å². The van der Waals surface area contributed by atoms with Crippen LogP contribution in [0.25, 0.3) is 0 Å². The lowest BCUT2D eigenvalue weighted by molar-refractivity contribution is 0.0939. The predicted molar refractivity (Wildman–Crippen MR) is 107 cm³/mol. The molecule has 1 atom stereocenters. The van der Waals surface area contributed by atoms with E-state index in [2.05, 4.69) is 10.0 Å². The third kappa shape index (κ3) is 4.81. The Labute approximate surface area is 168 Å². The van der Waals surface area contributed by atoms with E-state index >= 15 is 0 Å². The Bertz CT molecular complexity index is 1070. The molecule has 0 fully saturated rings. The molecule has 2 N–H and O–H groups in total. The van der Waals surface area contributed by atoms with Crippen molar-refractivity contribution in [3.63, 3.8) is 0 Å². The van der Waals surface area contributed by atoms with Crippen molar-refractivity contribution < 1.29 is 17.6 Å². The van der Waals surface area contributed by atoms with Gasteiger partial charge in [0.05, 0.1) is 23.7 Å². The van der Waals surface area contributed by atoms with E-state index in [9.17, 15) is 13.2 Å². The molecule has 0 saturated heterocycles. The summed E-state index contributed by atoms with van der Waals surface area (Å²) >= 11 is 6.16. The summed E-state index contributed by atoms with van der Waals surface area (Å²) in [5.74, 6) is 0.0986. The summed E-state index contributed by atoms with van der Waals surface area (Å²) in [4.78, 5) is 12.6. The second-order valence-corrected chi connectivity index (χ2v) is 8.32. The molecule has 146 valence electrons. The van der Waals surface area contributed by atoms with Gasteiger partial charge in [-0.05, 0) is 48.9 Å². The molecule has 0 saturated carbocycles. The summed E-state index contributed by atoms with van der Waals surface area (Å²) in [7, 11) is -3.79. The van der Waals surface area contributed by atoms with Gasteiger partial charge in [-0.2, -0.15) is 0 Å². The molecule has 1 amide bonds. The first-order valence-corrected chi connectivity index (χ1v) is 10.4. The highest BCUT2D eigenvalue weighted by Gasteiger charge is 2.18. The molecular weight excluding hydrogens is 400 g/mol. The molecule has 0 aliphatic heterocycles. The van der Waals surface area contributed by atoms with Crippen LogP contribution in [-0.2, 0) is 16.6 Å². The highest BCUT2D eigenvalue weighted by Crippen LogP contribution is 2.22. The van der Waals surface area contributed by atoms with Gasteiger partial charge in [-0.1, -0.05) is 35.9 Å². The number of benzene rings is 2. The summed E-state index contributed by atoms with van der Waals surface area (Å²) in [6.45, 7) is 1.83. The van der Waals surface area contributed by atoms with Crippen LogP contribution in [0.15, 0.2) is 76.2 Å². The number of carbonyl (C=O) groups is 1. The van der Waals surface area contributed by atoms with Crippen molar-refractivity contribution in [3.8, 4) is 0 Å². The number of amides is 1. The van der Waals surface area contributed by atoms with Crippen LogP contribution >= 0.6 is 11.6 Å². The minimum absolute atomic E-state index is 0.00268. The average molecular weight is 419 g/mol. The summed E-state index contributed by atoms with van der Waals surface area (Å²) < 4.78 is 32.5. The second kappa shape index (κ2) is 8.60. The lowest BCUT2D eigenvalue weighted by Gasteiger charge is -2.16. The van der Waals surface area contributed by atoms with E-state index in [-0.39, 0.29) is 23.0 Å². The molecule has 0 bridgehead atoms. The fraction of sp³-hybridized carbons (Fsp3) is 0.150. The minimum atomic E-state index is -3.79. The van der Waals surface area contributed by atoms with E-state index in [1.54, 1.807) is 24.3 Å². The van der Waals surface area contributed by atoms with Gasteiger partial charge in [-0.25, -0.2) is 13.1 Å². The Hall–Kier alpha value is -2.61. The number of hydrogen-bond acceptors (Lipinski definition) is 4. The molecular formula is C20H19ClN2O4S. The SMILES string of the molecule is CC(NC(=O)c1cccc(S(=O)(=O)NCc2ccco2)c1)c1ccccc1Cl. The van der Waals surface area contributed by atoms with Gasteiger partial charge in [0.25, 0.3) is 5.91 Å². The Balaban J connectivity index is 1.73. The molecule has 1 aromatic heterocycles. The lowest BCUT2D eigenvalue weighted by atomic mass is 10.1. The quantitative estimate of drug-likeness (QED) is 0.609. The molecule has 0 aliphatic rings. The average Bonchev–Trinajstić information content (AvgIpc) is 3.20. The van der Waals surface area contributed by atoms with Crippen LogP contribution in [0.5, 0.6) is 0 Å². The third-order valence-electron chi connectivity index (χ3n) is 4.14. The molecule has 1 heterocycles. The molecule has 0 aliphatic carbocycles. The summed E-state index contributed by atoms with van der Waals surface area (Å²) in [5.41, 5.74) is 1.01. The van der Waals surface area contributed by atoms with Crippen LogP contribution in [0.3, 0.4) is 0 Å². The standard InChI is InChI=1S/C20H19ClN2O4S/c1-14(18-9-2-3-10-19(18)21)23-20(24)15-6-4-8-17(12-15)28(25,26)22-13-16-7-5-11-27-16/h2-12,14,22H,13H2,1H3,(H,23,24). The number of rotatable bonds is 7. The van der Waals surface area contributed by atoms with Gasteiger partial charge >= 0.3 is 0 Å². The van der Waals surface area contributed by atoms with Crippen molar-refractivity contribution in [1.29, 1.82) is 0 Å². The second-order valence-electron chi connectivity index (χ2n) is 6.15. The van der Waals surface area contributed by atoms with Crippen molar-refractivity contribution in [2.24, 2.45) is 0 Å². The van der Waals surface area contributed by atoms with E-state index in [1.165, 1.54) is 24.5 Å². The predicted octanol–water partition coefficient (Wildman–Crippen LogP) is 3.90. The van der Waals surface area contributed by atoms with Gasteiger partial charge in [0.15, 0.2) is 0 Å². The maximum atomic E-state index is 12.6. The van der Waals surface area contributed by atoms with Crippen LogP contribution in [0.1, 0.15) is 34.6 Å². The molecule has 1 unspecified atom stereocenters. The number of furan rings is 1. The van der Waals surface area contributed by atoms with Gasteiger partial charge in [-0.3, -0.25) is 4.79 Å². The molecule has 0 radical (unpaired) electrons. The van der Waals surface area contributed by atoms with Gasteiger partial charge < -0.3 is 9.73 Å². The van der Waals surface area contributed by atoms with Crippen LogP contribution in [0.2, 0.25) is 5.02 Å². The minimum Gasteiger partial charge on any atom is -0.468 e. The van der Waals surface area contributed by atoms with Crippen molar-refractivity contribution in [2.45, 2.75) is 24.4 Å². The molecule has 6 nitrogen and oxygen atoms in total. The summed E-state index contributed by atoms with van der Waals surface area (Å²) in [5, 5.41) is 3.38. The zero-order valence-corrected chi connectivity index (χ0v) is 16.6. The number of nitrogens with one attached hydrogen (secondary N) is 2. The highest BCUT2D eigenvalue weighted by molar-refractivity contribution is 7.89. The van der Waals surface area contributed by atoms with E-state index in [0.29, 0.717) is 10.8 Å². The summed E-state index contributed by atoms with van der Waals surface area (Å²) in [6, 6.07) is 16.1. The van der Waals surface area contributed by atoms with Gasteiger partial charge in [0.1, 0.15) is 5.76 Å². The van der Waals surface area contributed by atoms with E-state index < -0.39 is 15.9 Å². The first-order chi connectivity index (χ1) is 13.4. The normalized spacial score (nSPS) is 12.5. The molecule has 8 heteroatoms. The highest BCUT2D eigenvalue weighted by atomic mass is 35.5.